The Labute approximate surface area is 120 Å². The van der Waals surface area contributed by atoms with Crippen molar-refractivity contribution in [2.45, 2.75) is 64.1 Å². The molecular weight excluding hydrogens is 256 g/mol. The van der Waals surface area contributed by atoms with Crippen molar-refractivity contribution in [3.63, 3.8) is 0 Å². The number of carbonyl (C=O) groups excluding carboxylic acids is 1. The highest BCUT2D eigenvalue weighted by Gasteiger charge is 2.41. The van der Waals surface area contributed by atoms with Crippen molar-refractivity contribution in [3.05, 3.63) is 11.6 Å². The molecule has 0 aromatic heterocycles. The molecule has 1 amide bonds. The molecule has 5 nitrogen and oxygen atoms in total. The largest absolute Gasteiger partial charge is 0.444 e. The van der Waals surface area contributed by atoms with Gasteiger partial charge in [0.25, 0.3) is 0 Å². The van der Waals surface area contributed by atoms with Crippen LogP contribution in [0, 0.1) is 0 Å². The third-order valence-corrected chi connectivity index (χ3v) is 3.68. The summed E-state index contributed by atoms with van der Waals surface area (Å²) in [7, 11) is 1.52. The smallest absolute Gasteiger partial charge is 0.411 e. The molecule has 0 aliphatic carbocycles. The zero-order valence-corrected chi connectivity index (χ0v) is 12.8. The van der Waals surface area contributed by atoms with Crippen LogP contribution in [-0.2, 0) is 9.57 Å². The van der Waals surface area contributed by atoms with E-state index in [1.807, 2.05) is 25.7 Å². The van der Waals surface area contributed by atoms with Gasteiger partial charge in [-0.2, -0.15) is 0 Å². The minimum Gasteiger partial charge on any atom is -0.444 e. The van der Waals surface area contributed by atoms with Crippen LogP contribution in [0.4, 0.5) is 4.79 Å². The van der Waals surface area contributed by atoms with Crippen molar-refractivity contribution in [2.75, 3.05) is 7.11 Å². The lowest BCUT2D eigenvalue weighted by Gasteiger charge is -2.31. The number of ether oxygens (including phenoxy) is 1. The topological polar surface area (TPSA) is 51.1 Å². The van der Waals surface area contributed by atoms with E-state index in [2.05, 4.69) is 11.2 Å². The fraction of sp³-hybridized carbons (Fsp3) is 0.733. The summed E-state index contributed by atoms with van der Waals surface area (Å²) < 4.78 is 5.55. The van der Waals surface area contributed by atoms with Gasteiger partial charge in [-0.15, -0.1) is 0 Å². The number of fused-ring (bicyclic) bond motifs is 2. The van der Waals surface area contributed by atoms with E-state index in [9.17, 15) is 4.79 Å². The third-order valence-electron chi connectivity index (χ3n) is 3.68. The van der Waals surface area contributed by atoms with Gasteiger partial charge in [0.1, 0.15) is 12.7 Å². The highest BCUT2D eigenvalue weighted by molar-refractivity contribution is 5.82. The molecule has 20 heavy (non-hydrogen) atoms. The van der Waals surface area contributed by atoms with Crippen LogP contribution in [0.25, 0.3) is 0 Å². The summed E-state index contributed by atoms with van der Waals surface area (Å²) in [5.74, 6) is 0. The van der Waals surface area contributed by atoms with Crippen LogP contribution < -0.4 is 0 Å². The maximum absolute atomic E-state index is 12.4. The number of oxime groups is 1. The SMILES string of the molecule is CO/N=C/C1=CCC[C@H]2CC[C@H]1N2C(=O)OC(C)(C)C. The molecule has 2 bridgehead atoms. The van der Waals surface area contributed by atoms with Crippen LogP contribution in [0.5, 0.6) is 0 Å². The number of hydrogen-bond acceptors (Lipinski definition) is 4. The lowest BCUT2D eigenvalue weighted by Crippen LogP contribution is -2.44. The van der Waals surface area contributed by atoms with E-state index < -0.39 is 5.60 Å². The lowest BCUT2D eigenvalue weighted by atomic mass is 10.0. The molecule has 2 aliphatic rings. The van der Waals surface area contributed by atoms with E-state index in [1.165, 1.54) is 7.11 Å². The maximum Gasteiger partial charge on any atom is 0.411 e. The van der Waals surface area contributed by atoms with Gasteiger partial charge < -0.3 is 9.57 Å². The number of allylic oxidation sites excluding steroid dienone is 1. The normalized spacial score (nSPS) is 26.4. The molecule has 0 radical (unpaired) electrons. The van der Waals surface area contributed by atoms with Gasteiger partial charge in [-0.1, -0.05) is 11.2 Å². The van der Waals surface area contributed by atoms with E-state index in [1.54, 1.807) is 6.21 Å². The van der Waals surface area contributed by atoms with Crippen LogP contribution in [0.3, 0.4) is 0 Å². The van der Waals surface area contributed by atoms with Crippen molar-refractivity contribution in [1.29, 1.82) is 0 Å². The average molecular weight is 280 g/mol. The molecule has 0 aromatic carbocycles. The quantitative estimate of drug-likeness (QED) is 0.577. The first-order chi connectivity index (χ1) is 9.42. The summed E-state index contributed by atoms with van der Waals surface area (Å²) in [5.41, 5.74) is 0.588. The number of amides is 1. The second-order valence-corrected chi connectivity index (χ2v) is 6.33. The summed E-state index contributed by atoms with van der Waals surface area (Å²) in [6, 6.07) is 0.343. The van der Waals surface area contributed by atoms with Gasteiger partial charge in [0.05, 0.1) is 12.3 Å². The average Bonchev–Trinajstić information content (AvgIpc) is 2.64. The van der Waals surface area contributed by atoms with Gasteiger partial charge in [0.2, 0.25) is 0 Å². The summed E-state index contributed by atoms with van der Waals surface area (Å²) >= 11 is 0. The zero-order chi connectivity index (χ0) is 14.8. The minimum absolute atomic E-state index is 0.0660. The standard InChI is InChI=1S/C15H24N2O3/c1-15(2,3)20-14(18)17-12-7-5-6-11(10-16-19-4)13(17)9-8-12/h6,10,12-13H,5,7-9H2,1-4H3/b16-10+/t12-,13+/m0/s1. The van der Waals surface area contributed by atoms with E-state index in [0.29, 0.717) is 0 Å². The maximum atomic E-state index is 12.4. The van der Waals surface area contributed by atoms with Crippen LogP contribution in [0.15, 0.2) is 16.8 Å². The van der Waals surface area contributed by atoms with Gasteiger partial charge in [0, 0.05) is 6.04 Å². The molecule has 0 aromatic rings. The van der Waals surface area contributed by atoms with Gasteiger partial charge in [0.15, 0.2) is 0 Å². The molecule has 0 N–H and O–H groups in total. The van der Waals surface area contributed by atoms with Crippen LogP contribution in [0.1, 0.15) is 46.5 Å². The Morgan fingerprint density at radius 1 is 1.40 bits per heavy atom. The van der Waals surface area contributed by atoms with Crippen molar-refractivity contribution >= 4 is 12.3 Å². The molecule has 0 unspecified atom stereocenters. The Hall–Kier alpha value is -1.52. The fourth-order valence-corrected chi connectivity index (χ4v) is 2.92. The number of carbonyl (C=O) groups is 1. The van der Waals surface area contributed by atoms with Gasteiger partial charge in [-0.3, -0.25) is 4.90 Å². The predicted molar refractivity (Wildman–Crippen MR) is 77.7 cm³/mol. The van der Waals surface area contributed by atoms with Crippen molar-refractivity contribution < 1.29 is 14.4 Å². The first-order valence-electron chi connectivity index (χ1n) is 7.20. The molecule has 2 atom stereocenters. The molecule has 2 aliphatic heterocycles. The lowest BCUT2D eigenvalue weighted by molar-refractivity contribution is 0.0176. The molecule has 0 spiro atoms. The molecule has 2 heterocycles. The zero-order valence-electron chi connectivity index (χ0n) is 12.8. The number of rotatable bonds is 2. The van der Waals surface area contributed by atoms with Gasteiger partial charge in [-0.05, 0) is 52.0 Å². The molecule has 5 heteroatoms. The monoisotopic (exact) mass is 280 g/mol. The number of hydrogen-bond donors (Lipinski definition) is 0. The third kappa shape index (κ3) is 3.32. The Kier molecular flexibility index (Phi) is 4.35. The van der Waals surface area contributed by atoms with Crippen LogP contribution in [0.2, 0.25) is 0 Å². The Morgan fingerprint density at radius 3 is 2.80 bits per heavy atom. The Morgan fingerprint density at radius 2 is 2.15 bits per heavy atom. The van der Waals surface area contributed by atoms with Crippen molar-refractivity contribution in [2.24, 2.45) is 5.16 Å². The Bertz CT molecular complexity index is 423. The van der Waals surface area contributed by atoms with Crippen LogP contribution >= 0.6 is 0 Å². The second-order valence-electron chi connectivity index (χ2n) is 6.33. The first kappa shape index (κ1) is 14.9. The molecule has 1 fully saturated rings. The second kappa shape index (κ2) is 5.85. The highest BCUT2D eigenvalue weighted by Crippen LogP contribution is 2.35. The van der Waals surface area contributed by atoms with E-state index in [-0.39, 0.29) is 18.2 Å². The first-order valence-corrected chi connectivity index (χ1v) is 7.20. The molecule has 1 saturated heterocycles. The van der Waals surface area contributed by atoms with E-state index in [4.69, 9.17) is 9.57 Å². The van der Waals surface area contributed by atoms with Crippen molar-refractivity contribution in [1.82, 2.24) is 4.90 Å². The molecular formula is C15H24N2O3. The summed E-state index contributed by atoms with van der Waals surface area (Å²) in [5, 5.41) is 3.85. The summed E-state index contributed by atoms with van der Waals surface area (Å²) in [6.07, 6.45) is 7.60. The van der Waals surface area contributed by atoms with Gasteiger partial charge in [-0.25, -0.2) is 4.79 Å². The Balaban J connectivity index is 2.18. The van der Waals surface area contributed by atoms with Crippen molar-refractivity contribution in [3.8, 4) is 0 Å². The minimum atomic E-state index is -0.465. The predicted octanol–water partition coefficient (Wildman–Crippen LogP) is 3.11. The fourth-order valence-electron chi connectivity index (χ4n) is 2.92. The molecule has 2 rings (SSSR count). The number of nitrogens with zero attached hydrogens (tertiary/aromatic N) is 2. The van der Waals surface area contributed by atoms with E-state index in [0.717, 1.165) is 31.3 Å². The van der Waals surface area contributed by atoms with E-state index >= 15 is 0 Å². The molecule has 112 valence electrons. The summed E-state index contributed by atoms with van der Waals surface area (Å²) in [4.78, 5) is 19.1. The highest BCUT2D eigenvalue weighted by atomic mass is 16.6. The summed E-state index contributed by atoms with van der Waals surface area (Å²) in [6.45, 7) is 5.69. The van der Waals surface area contributed by atoms with Crippen LogP contribution in [-0.4, -0.2) is 42.0 Å². The van der Waals surface area contributed by atoms with Gasteiger partial charge >= 0.3 is 6.09 Å². The molecule has 0 saturated carbocycles.